The van der Waals surface area contributed by atoms with Gasteiger partial charge in [0.2, 0.25) is 0 Å². The SMILES string of the molecule is CCCNC(C)(C(=O)OCC)C(C)OC. The third kappa shape index (κ3) is 3.80. The van der Waals surface area contributed by atoms with E-state index in [0.29, 0.717) is 6.61 Å². The summed E-state index contributed by atoms with van der Waals surface area (Å²) in [6, 6.07) is 0. The Labute approximate surface area is 92.3 Å². The molecule has 0 spiro atoms. The van der Waals surface area contributed by atoms with Gasteiger partial charge in [-0.05, 0) is 33.7 Å². The van der Waals surface area contributed by atoms with Crippen molar-refractivity contribution in [1.82, 2.24) is 5.32 Å². The van der Waals surface area contributed by atoms with Gasteiger partial charge in [0.25, 0.3) is 0 Å². The van der Waals surface area contributed by atoms with E-state index >= 15 is 0 Å². The molecule has 1 N–H and O–H groups in total. The van der Waals surface area contributed by atoms with Crippen molar-refractivity contribution in [3.05, 3.63) is 0 Å². The van der Waals surface area contributed by atoms with Crippen LogP contribution in [-0.4, -0.2) is 37.9 Å². The zero-order chi connectivity index (χ0) is 11.9. The van der Waals surface area contributed by atoms with E-state index in [2.05, 4.69) is 12.2 Å². The van der Waals surface area contributed by atoms with Gasteiger partial charge in [-0.1, -0.05) is 6.92 Å². The monoisotopic (exact) mass is 217 g/mol. The highest BCUT2D eigenvalue weighted by molar-refractivity contribution is 5.81. The molecule has 4 nitrogen and oxygen atoms in total. The Balaban J connectivity index is 4.59. The van der Waals surface area contributed by atoms with Crippen molar-refractivity contribution in [2.24, 2.45) is 0 Å². The first-order chi connectivity index (χ1) is 7.02. The van der Waals surface area contributed by atoms with E-state index in [4.69, 9.17) is 9.47 Å². The molecule has 0 fully saturated rings. The molecule has 0 rings (SSSR count). The number of methoxy groups -OCH3 is 1. The standard InChI is InChI=1S/C11H23NO3/c1-6-8-12-11(4,9(3)14-5)10(13)15-7-2/h9,12H,6-8H2,1-5H3. The van der Waals surface area contributed by atoms with Crippen molar-refractivity contribution in [2.75, 3.05) is 20.3 Å². The van der Waals surface area contributed by atoms with E-state index in [1.807, 2.05) is 13.8 Å². The molecule has 0 aliphatic carbocycles. The second-order valence-corrected chi connectivity index (χ2v) is 3.73. The Morgan fingerprint density at radius 3 is 2.47 bits per heavy atom. The molecule has 4 heteroatoms. The summed E-state index contributed by atoms with van der Waals surface area (Å²) in [6.45, 7) is 8.68. The summed E-state index contributed by atoms with van der Waals surface area (Å²) < 4.78 is 10.3. The van der Waals surface area contributed by atoms with Gasteiger partial charge in [0.05, 0.1) is 12.7 Å². The minimum Gasteiger partial charge on any atom is -0.465 e. The van der Waals surface area contributed by atoms with Crippen molar-refractivity contribution in [3.63, 3.8) is 0 Å². The van der Waals surface area contributed by atoms with Crippen LogP contribution < -0.4 is 5.32 Å². The predicted octanol–water partition coefficient (Wildman–Crippen LogP) is 1.34. The molecule has 0 heterocycles. The van der Waals surface area contributed by atoms with Gasteiger partial charge < -0.3 is 9.47 Å². The quantitative estimate of drug-likeness (QED) is 0.654. The van der Waals surface area contributed by atoms with E-state index in [1.54, 1.807) is 14.0 Å². The number of esters is 1. The van der Waals surface area contributed by atoms with Crippen molar-refractivity contribution in [1.29, 1.82) is 0 Å². The van der Waals surface area contributed by atoms with E-state index in [0.717, 1.165) is 13.0 Å². The molecule has 2 unspecified atom stereocenters. The van der Waals surface area contributed by atoms with Gasteiger partial charge in [-0.2, -0.15) is 0 Å². The fraction of sp³-hybridized carbons (Fsp3) is 0.909. The Morgan fingerprint density at radius 2 is 2.07 bits per heavy atom. The second-order valence-electron chi connectivity index (χ2n) is 3.73. The lowest BCUT2D eigenvalue weighted by Crippen LogP contribution is -2.58. The first-order valence-electron chi connectivity index (χ1n) is 5.47. The molecule has 0 aromatic rings. The normalized spacial score (nSPS) is 16.9. The highest BCUT2D eigenvalue weighted by atomic mass is 16.5. The van der Waals surface area contributed by atoms with E-state index in [9.17, 15) is 4.79 Å². The molecule has 0 saturated carbocycles. The van der Waals surface area contributed by atoms with Crippen LogP contribution in [0.3, 0.4) is 0 Å². The highest BCUT2D eigenvalue weighted by Crippen LogP contribution is 2.15. The number of rotatable bonds is 7. The van der Waals surface area contributed by atoms with E-state index in [1.165, 1.54) is 0 Å². The zero-order valence-corrected chi connectivity index (χ0v) is 10.4. The lowest BCUT2D eigenvalue weighted by molar-refractivity contribution is -0.156. The van der Waals surface area contributed by atoms with Crippen molar-refractivity contribution in [2.45, 2.75) is 45.8 Å². The molecule has 90 valence electrons. The maximum atomic E-state index is 11.8. The Morgan fingerprint density at radius 1 is 1.47 bits per heavy atom. The van der Waals surface area contributed by atoms with Crippen LogP contribution in [0.25, 0.3) is 0 Å². The van der Waals surface area contributed by atoms with E-state index < -0.39 is 5.54 Å². The molecule has 0 aliphatic heterocycles. The van der Waals surface area contributed by atoms with Crippen LogP contribution in [0.15, 0.2) is 0 Å². The molecule has 0 bridgehead atoms. The number of ether oxygens (including phenoxy) is 2. The van der Waals surface area contributed by atoms with Gasteiger partial charge in [-0.15, -0.1) is 0 Å². The van der Waals surface area contributed by atoms with Crippen molar-refractivity contribution < 1.29 is 14.3 Å². The summed E-state index contributed by atoms with van der Waals surface area (Å²) in [5.74, 6) is -0.257. The Kier molecular flexibility index (Phi) is 6.52. The Hall–Kier alpha value is -0.610. The highest BCUT2D eigenvalue weighted by Gasteiger charge is 2.40. The molecule has 0 amide bonds. The fourth-order valence-corrected chi connectivity index (χ4v) is 1.28. The summed E-state index contributed by atoms with van der Waals surface area (Å²) in [5.41, 5.74) is -0.763. The summed E-state index contributed by atoms with van der Waals surface area (Å²) in [7, 11) is 1.59. The van der Waals surface area contributed by atoms with Gasteiger partial charge in [-0.3, -0.25) is 5.32 Å². The molecular formula is C11H23NO3. The first-order valence-corrected chi connectivity index (χ1v) is 5.47. The molecule has 0 radical (unpaired) electrons. The molecule has 0 aromatic heterocycles. The fourth-order valence-electron chi connectivity index (χ4n) is 1.28. The van der Waals surface area contributed by atoms with Crippen LogP contribution in [0.5, 0.6) is 0 Å². The number of nitrogens with one attached hydrogen (secondary N) is 1. The number of carbonyl (C=O) groups is 1. The third-order valence-electron chi connectivity index (χ3n) is 2.61. The van der Waals surface area contributed by atoms with Crippen LogP contribution in [0.1, 0.15) is 34.1 Å². The lowest BCUT2D eigenvalue weighted by Gasteiger charge is -2.33. The van der Waals surface area contributed by atoms with Gasteiger partial charge in [-0.25, -0.2) is 4.79 Å². The average Bonchev–Trinajstić information content (AvgIpc) is 2.24. The van der Waals surface area contributed by atoms with Gasteiger partial charge in [0.1, 0.15) is 5.54 Å². The lowest BCUT2D eigenvalue weighted by atomic mass is 9.95. The number of carbonyl (C=O) groups excluding carboxylic acids is 1. The second kappa shape index (κ2) is 6.80. The molecule has 15 heavy (non-hydrogen) atoms. The van der Waals surface area contributed by atoms with Crippen molar-refractivity contribution >= 4 is 5.97 Å². The van der Waals surface area contributed by atoms with Crippen LogP contribution in [0, 0.1) is 0 Å². The molecule has 0 aliphatic rings. The van der Waals surface area contributed by atoms with Crippen LogP contribution in [-0.2, 0) is 14.3 Å². The summed E-state index contributed by atoms with van der Waals surface area (Å²) in [5, 5.41) is 3.18. The maximum absolute atomic E-state index is 11.8. The zero-order valence-electron chi connectivity index (χ0n) is 10.4. The minimum absolute atomic E-state index is 0.219. The topological polar surface area (TPSA) is 47.6 Å². The Bertz CT molecular complexity index is 196. The van der Waals surface area contributed by atoms with Gasteiger partial charge in [0.15, 0.2) is 0 Å². The predicted molar refractivity (Wildman–Crippen MR) is 59.8 cm³/mol. The third-order valence-corrected chi connectivity index (χ3v) is 2.61. The summed E-state index contributed by atoms with van der Waals surface area (Å²) >= 11 is 0. The largest absolute Gasteiger partial charge is 0.465 e. The van der Waals surface area contributed by atoms with Crippen molar-refractivity contribution in [3.8, 4) is 0 Å². The molecular weight excluding hydrogens is 194 g/mol. The average molecular weight is 217 g/mol. The van der Waals surface area contributed by atoms with E-state index in [-0.39, 0.29) is 12.1 Å². The first kappa shape index (κ1) is 14.4. The van der Waals surface area contributed by atoms with Gasteiger partial charge in [0, 0.05) is 7.11 Å². The van der Waals surface area contributed by atoms with Crippen LogP contribution in [0.4, 0.5) is 0 Å². The summed E-state index contributed by atoms with van der Waals surface area (Å²) in [4.78, 5) is 11.8. The molecule has 0 saturated heterocycles. The number of hydrogen-bond acceptors (Lipinski definition) is 4. The smallest absolute Gasteiger partial charge is 0.328 e. The maximum Gasteiger partial charge on any atom is 0.328 e. The van der Waals surface area contributed by atoms with Gasteiger partial charge >= 0.3 is 5.97 Å². The summed E-state index contributed by atoms with van der Waals surface area (Å²) in [6.07, 6.45) is 0.744. The molecule has 0 aromatic carbocycles. The minimum atomic E-state index is -0.763. The number of hydrogen-bond donors (Lipinski definition) is 1. The molecule has 2 atom stereocenters. The van der Waals surface area contributed by atoms with Crippen LogP contribution >= 0.6 is 0 Å². The van der Waals surface area contributed by atoms with Crippen LogP contribution in [0.2, 0.25) is 0 Å².